The average Bonchev–Trinajstić information content (AvgIpc) is 2.70. The second-order valence-corrected chi connectivity index (χ2v) is 7.17. The van der Waals surface area contributed by atoms with Gasteiger partial charge in [0, 0.05) is 12.8 Å². The number of hydrogen-bond donors (Lipinski definition) is 6. The van der Waals surface area contributed by atoms with Crippen LogP contribution in [0.15, 0.2) is 30.3 Å². The van der Waals surface area contributed by atoms with Gasteiger partial charge in [0.25, 0.3) is 0 Å². The third-order valence-electron chi connectivity index (χ3n) is 4.38. The van der Waals surface area contributed by atoms with E-state index in [2.05, 4.69) is 16.0 Å². The molecule has 4 unspecified atom stereocenters. The summed E-state index contributed by atoms with van der Waals surface area (Å²) in [6.45, 7) is 2.89. The van der Waals surface area contributed by atoms with Crippen molar-refractivity contribution in [1.29, 1.82) is 0 Å². The Hall–Kier alpha value is -3.47. The van der Waals surface area contributed by atoms with Gasteiger partial charge in [-0.1, -0.05) is 30.3 Å². The molecule has 0 spiro atoms. The number of carbonyl (C=O) groups excluding carboxylic acids is 4. The molecule has 1 aromatic rings. The standard InChI is InChI=1S/C20H29N5O6/c1-11(21)17(27)23-12(2)18(28)25-15(10-13-6-4-3-5-7-13)19(29)24-14(20(30)31)8-9-16(22)26/h3-7,11-12,14-15H,8-10,21H2,1-2H3,(H2,22,26)(H,23,27)(H,24,29)(H,25,28)(H,30,31). The number of benzene rings is 1. The Morgan fingerprint density at radius 3 is 2.00 bits per heavy atom. The fraction of sp³-hybridized carbons (Fsp3) is 0.450. The third-order valence-corrected chi connectivity index (χ3v) is 4.38. The minimum Gasteiger partial charge on any atom is -0.480 e. The van der Waals surface area contributed by atoms with Crippen molar-refractivity contribution in [3.05, 3.63) is 35.9 Å². The number of carboxylic acid groups (broad SMARTS) is 1. The highest BCUT2D eigenvalue weighted by molar-refractivity contribution is 5.94. The van der Waals surface area contributed by atoms with Gasteiger partial charge in [-0.2, -0.15) is 0 Å². The lowest BCUT2D eigenvalue weighted by Gasteiger charge is -2.23. The van der Waals surface area contributed by atoms with Crippen LogP contribution in [0.2, 0.25) is 0 Å². The summed E-state index contributed by atoms with van der Waals surface area (Å²) in [5.74, 6) is -3.97. The predicted octanol–water partition coefficient (Wildman–Crippen LogP) is -1.60. The average molecular weight is 435 g/mol. The Morgan fingerprint density at radius 1 is 0.903 bits per heavy atom. The number of carboxylic acids is 1. The molecule has 4 amide bonds. The van der Waals surface area contributed by atoms with Crippen molar-refractivity contribution in [1.82, 2.24) is 16.0 Å². The number of aliphatic carboxylic acids is 1. The largest absolute Gasteiger partial charge is 0.480 e. The number of rotatable bonds is 12. The molecule has 0 aliphatic rings. The first kappa shape index (κ1) is 25.6. The fourth-order valence-electron chi connectivity index (χ4n) is 2.58. The second-order valence-electron chi connectivity index (χ2n) is 7.17. The third kappa shape index (κ3) is 9.26. The second kappa shape index (κ2) is 12.3. The molecule has 0 aromatic heterocycles. The van der Waals surface area contributed by atoms with Gasteiger partial charge < -0.3 is 32.5 Å². The Kier molecular flexibility index (Phi) is 10.1. The minimum atomic E-state index is -1.36. The SMILES string of the molecule is CC(N)C(=O)NC(C)C(=O)NC(Cc1ccccc1)C(=O)NC(CCC(N)=O)C(=O)O. The summed E-state index contributed by atoms with van der Waals surface area (Å²) in [6.07, 6.45) is -0.342. The zero-order valence-corrected chi connectivity index (χ0v) is 17.5. The van der Waals surface area contributed by atoms with Gasteiger partial charge in [0.2, 0.25) is 23.6 Å². The van der Waals surface area contributed by atoms with Crippen LogP contribution in [-0.4, -0.2) is 58.9 Å². The number of nitrogens with two attached hydrogens (primary N) is 2. The summed E-state index contributed by atoms with van der Waals surface area (Å²) in [7, 11) is 0. The molecule has 1 aromatic carbocycles. The molecule has 0 saturated heterocycles. The molecule has 11 nitrogen and oxygen atoms in total. The van der Waals surface area contributed by atoms with Gasteiger partial charge >= 0.3 is 5.97 Å². The summed E-state index contributed by atoms with van der Waals surface area (Å²) < 4.78 is 0. The Labute approximate surface area is 179 Å². The lowest BCUT2D eigenvalue weighted by Crippen LogP contribution is -2.56. The molecule has 0 aliphatic carbocycles. The van der Waals surface area contributed by atoms with E-state index >= 15 is 0 Å². The van der Waals surface area contributed by atoms with Crippen LogP contribution in [0.5, 0.6) is 0 Å². The van der Waals surface area contributed by atoms with Crippen LogP contribution in [0.1, 0.15) is 32.3 Å². The number of carbonyl (C=O) groups is 5. The van der Waals surface area contributed by atoms with Gasteiger partial charge in [-0.3, -0.25) is 19.2 Å². The van der Waals surface area contributed by atoms with E-state index < -0.39 is 53.8 Å². The molecule has 0 aliphatic heterocycles. The van der Waals surface area contributed by atoms with Crippen molar-refractivity contribution >= 4 is 29.6 Å². The van der Waals surface area contributed by atoms with Crippen LogP contribution in [0.25, 0.3) is 0 Å². The van der Waals surface area contributed by atoms with E-state index in [0.29, 0.717) is 0 Å². The van der Waals surface area contributed by atoms with Crippen LogP contribution in [0, 0.1) is 0 Å². The maximum Gasteiger partial charge on any atom is 0.326 e. The van der Waals surface area contributed by atoms with Crippen LogP contribution in [0.3, 0.4) is 0 Å². The number of hydrogen-bond acceptors (Lipinski definition) is 6. The Bertz CT molecular complexity index is 799. The van der Waals surface area contributed by atoms with Gasteiger partial charge in [-0.05, 0) is 25.8 Å². The fourth-order valence-corrected chi connectivity index (χ4v) is 2.58. The topological polar surface area (TPSA) is 194 Å². The lowest BCUT2D eigenvalue weighted by molar-refractivity contribution is -0.142. The summed E-state index contributed by atoms with van der Waals surface area (Å²) >= 11 is 0. The van der Waals surface area contributed by atoms with E-state index in [1.165, 1.54) is 13.8 Å². The minimum absolute atomic E-state index is 0.0779. The molecular formula is C20H29N5O6. The smallest absolute Gasteiger partial charge is 0.326 e. The van der Waals surface area contributed by atoms with E-state index in [0.717, 1.165) is 5.56 Å². The Balaban J connectivity index is 2.95. The highest BCUT2D eigenvalue weighted by Crippen LogP contribution is 2.06. The Morgan fingerprint density at radius 2 is 1.48 bits per heavy atom. The van der Waals surface area contributed by atoms with E-state index in [1.807, 2.05) is 0 Å². The van der Waals surface area contributed by atoms with E-state index in [1.54, 1.807) is 30.3 Å². The molecule has 31 heavy (non-hydrogen) atoms. The molecule has 11 heteroatoms. The predicted molar refractivity (Wildman–Crippen MR) is 111 cm³/mol. The summed E-state index contributed by atoms with van der Waals surface area (Å²) in [5.41, 5.74) is 11.2. The molecule has 4 atom stereocenters. The van der Waals surface area contributed by atoms with E-state index in [-0.39, 0.29) is 19.3 Å². The van der Waals surface area contributed by atoms with Crippen LogP contribution >= 0.6 is 0 Å². The van der Waals surface area contributed by atoms with Crippen molar-refractivity contribution in [3.63, 3.8) is 0 Å². The van der Waals surface area contributed by atoms with Gasteiger partial charge in [0.1, 0.15) is 18.1 Å². The van der Waals surface area contributed by atoms with Crippen LogP contribution in [0.4, 0.5) is 0 Å². The van der Waals surface area contributed by atoms with Gasteiger partial charge in [-0.15, -0.1) is 0 Å². The van der Waals surface area contributed by atoms with Gasteiger partial charge in [0.05, 0.1) is 6.04 Å². The normalized spacial score (nSPS) is 14.4. The zero-order chi connectivity index (χ0) is 23.6. The summed E-state index contributed by atoms with van der Waals surface area (Å²) in [6, 6.07) is 4.51. The summed E-state index contributed by atoms with van der Waals surface area (Å²) in [4.78, 5) is 59.4. The highest BCUT2D eigenvalue weighted by atomic mass is 16.4. The maximum absolute atomic E-state index is 12.8. The molecule has 0 saturated carbocycles. The zero-order valence-electron chi connectivity index (χ0n) is 17.5. The molecular weight excluding hydrogens is 406 g/mol. The number of amides is 4. The monoisotopic (exact) mass is 435 g/mol. The molecule has 0 radical (unpaired) electrons. The van der Waals surface area contributed by atoms with Gasteiger partial charge in [0.15, 0.2) is 0 Å². The molecule has 8 N–H and O–H groups in total. The summed E-state index contributed by atoms with van der Waals surface area (Å²) in [5, 5.41) is 16.6. The quantitative estimate of drug-likeness (QED) is 0.227. The van der Waals surface area contributed by atoms with Crippen molar-refractivity contribution < 1.29 is 29.1 Å². The van der Waals surface area contributed by atoms with E-state index in [9.17, 15) is 29.1 Å². The molecule has 0 heterocycles. The molecule has 1 rings (SSSR count). The number of nitrogens with one attached hydrogen (secondary N) is 3. The molecule has 170 valence electrons. The van der Waals surface area contributed by atoms with E-state index in [4.69, 9.17) is 11.5 Å². The highest BCUT2D eigenvalue weighted by Gasteiger charge is 2.28. The van der Waals surface area contributed by atoms with Crippen molar-refractivity contribution in [3.8, 4) is 0 Å². The van der Waals surface area contributed by atoms with Crippen LogP contribution < -0.4 is 27.4 Å². The first-order chi connectivity index (χ1) is 14.5. The van der Waals surface area contributed by atoms with Crippen LogP contribution in [-0.2, 0) is 30.4 Å². The maximum atomic E-state index is 12.8. The molecule has 0 bridgehead atoms. The first-order valence-electron chi connectivity index (χ1n) is 9.73. The molecule has 0 fully saturated rings. The first-order valence-corrected chi connectivity index (χ1v) is 9.73. The van der Waals surface area contributed by atoms with Gasteiger partial charge in [-0.25, -0.2) is 4.79 Å². The lowest BCUT2D eigenvalue weighted by atomic mass is 10.0. The van der Waals surface area contributed by atoms with Crippen molar-refractivity contribution in [2.45, 2.75) is 57.3 Å². The van der Waals surface area contributed by atoms with Crippen molar-refractivity contribution in [2.75, 3.05) is 0 Å². The van der Waals surface area contributed by atoms with Crippen molar-refractivity contribution in [2.24, 2.45) is 11.5 Å². The number of primary amides is 1.